The summed E-state index contributed by atoms with van der Waals surface area (Å²) >= 11 is 0. The second kappa shape index (κ2) is 4.42. The van der Waals surface area contributed by atoms with Crippen LogP contribution in [0.1, 0.15) is 18.4 Å². The van der Waals surface area contributed by atoms with E-state index in [9.17, 15) is 9.90 Å². The Morgan fingerprint density at radius 2 is 2.11 bits per heavy atom. The maximum absolute atomic E-state index is 11.3. The average Bonchev–Trinajstić information content (AvgIpc) is 3.15. The first kappa shape index (κ1) is 12.3. The largest absolute Gasteiger partial charge is 0.493 e. The summed E-state index contributed by atoms with van der Waals surface area (Å²) < 4.78 is 16.1. The molecule has 19 heavy (non-hydrogen) atoms. The monoisotopic (exact) mass is 264 g/mol. The Morgan fingerprint density at radius 3 is 2.58 bits per heavy atom. The van der Waals surface area contributed by atoms with E-state index in [4.69, 9.17) is 14.2 Å². The van der Waals surface area contributed by atoms with E-state index < -0.39 is 11.4 Å². The van der Waals surface area contributed by atoms with Crippen molar-refractivity contribution >= 4 is 5.97 Å². The topological polar surface area (TPSA) is 65.0 Å². The molecule has 1 N–H and O–H groups in total. The fourth-order valence-electron chi connectivity index (χ4n) is 2.28. The lowest BCUT2D eigenvalue weighted by atomic mass is 9.96. The number of benzene rings is 1. The van der Waals surface area contributed by atoms with Crippen LogP contribution in [0.15, 0.2) is 18.2 Å². The Kier molecular flexibility index (Phi) is 2.86. The van der Waals surface area contributed by atoms with Gasteiger partial charge in [-0.1, -0.05) is 6.07 Å². The molecule has 3 rings (SSSR count). The smallest absolute Gasteiger partial charge is 0.314 e. The van der Waals surface area contributed by atoms with E-state index in [1.807, 2.05) is 6.07 Å². The van der Waals surface area contributed by atoms with Crippen molar-refractivity contribution < 1.29 is 24.1 Å². The van der Waals surface area contributed by atoms with E-state index in [1.165, 1.54) is 0 Å². The molecule has 0 radical (unpaired) electrons. The van der Waals surface area contributed by atoms with Crippen molar-refractivity contribution in [2.24, 2.45) is 0 Å². The lowest BCUT2D eigenvalue weighted by molar-refractivity contribution is -0.140. The van der Waals surface area contributed by atoms with Gasteiger partial charge in [-0.3, -0.25) is 4.79 Å². The average molecular weight is 264 g/mol. The van der Waals surface area contributed by atoms with Crippen molar-refractivity contribution in [1.82, 2.24) is 0 Å². The zero-order valence-electron chi connectivity index (χ0n) is 10.7. The SMILES string of the molecule is COc1ccc(C2(C(=O)O)CC2)cc1OC1COC1. The van der Waals surface area contributed by atoms with Gasteiger partial charge in [0, 0.05) is 0 Å². The number of aliphatic carboxylic acids is 1. The number of methoxy groups -OCH3 is 1. The van der Waals surface area contributed by atoms with E-state index in [2.05, 4.69) is 0 Å². The van der Waals surface area contributed by atoms with Gasteiger partial charge in [-0.25, -0.2) is 0 Å². The van der Waals surface area contributed by atoms with E-state index in [1.54, 1.807) is 19.2 Å². The summed E-state index contributed by atoms with van der Waals surface area (Å²) in [5.41, 5.74) is 0.0663. The van der Waals surface area contributed by atoms with Crippen LogP contribution < -0.4 is 9.47 Å². The molecule has 1 aromatic rings. The molecule has 5 heteroatoms. The minimum atomic E-state index is -0.768. The van der Waals surface area contributed by atoms with E-state index in [-0.39, 0.29) is 6.10 Å². The van der Waals surface area contributed by atoms with Crippen LogP contribution in [0.2, 0.25) is 0 Å². The van der Waals surface area contributed by atoms with Gasteiger partial charge in [0.25, 0.3) is 0 Å². The van der Waals surface area contributed by atoms with Crippen LogP contribution in [-0.4, -0.2) is 37.5 Å². The third kappa shape index (κ3) is 2.04. The molecule has 1 saturated carbocycles. The molecule has 1 aliphatic heterocycles. The van der Waals surface area contributed by atoms with Gasteiger partial charge in [-0.05, 0) is 30.5 Å². The van der Waals surface area contributed by atoms with Gasteiger partial charge in [0.05, 0.1) is 25.7 Å². The Hall–Kier alpha value is -1.75. The highest BCUT2D eigenvalue weighted by Gasteiger charge is 2.52. The third-order valence-corrected chi connectivity index (χ3v) is 3.78. The maximum atomic E-state index is 11.3. The molecule has 0 spiro atoms. The minimum absolute atomic E-state index is 0.0316. The van der Waals surface area contributed by atoms with Crippen molar-refractivity contribution in [3.8, 4) is 11.5 Å². The molecule has 102 valence electrons. The summed E-state index contributed by atoms with van der Waals surface area (Å²) in [5.74, 6) is 0.452. The van der Waals surface area contributed by atoms with Gasteiger partial charge < -0.3 is 19.3 Å². The molecule has 0 unspecified atom stereocenters. The summed E-state index contributed by atoms with van der Waals surface area (Å²) in [6.45, 7) is 1.13. The predicted molar refractivity (Wildman–Crippen MR) is 66.8 cm³/mol. The molecular formula is C14H16O5. The van der Waals surface area contributed by atoms with Gasteiger partial charge in [-0.15, -0.1) is 0 Å². The molecule has 2 fully saturated rings. The second-order valence-corrected chi connectivity index (χ2v) is 5.03. The second-order valence-electron chi connectivity index (χ2n) is 5.03. The van der Waals surface area contributed by atoms with E-state index in [0.717, 1.165) is 5.56 Å². The molecule has 1 saturated heterocycles. The van der Waals surface area contributed by atoms with Crippen LogP contribution in [0.3, 0.4) is 0 Å². The Labute approximate surface area is 111 Å². The first-order valence-corrected chi connectivity index (χ1v) is 6.32. The van der Waals surface area contributed by atoms with Crippen LogP contribution in [0, 0.1) is 0 Å². The molecule has 2 aliphatic rings. The molecule has 0 aromatic heterocycles. The fourth-order valence-corrected chi connectivity index (χ4v) is 2.28. The van der Waals surface area contributed by atoms with Crippen molar-refractivity contribution in [2.45, 2.75) is 24.4 Å². The Bertz CT molecular complexity index is 503. The Morgan fingerprint density at radius 1 is 1.37 bits per heavy atom. The highest BCUT2D eigenvalue weighted by atomic mass is 16.6. The van der Waals surface area contributed by atoms with Crippen molar-refractivity contribution in [2.75, 3.05) is 20.3 Å². The van der Waals surface area contributed by atoms with Gasteiger partial charge in [0.2, 0.25) is 0 Å². The number of ether oxygens (including phenoxy) is 3. The number of hydrogen-bond acceptors (Lipinski definition) is 4. The molecule has 0 atom stereocenters. The molecule has 1 heterocycles. The third-order valence-electron chi connectivity index (χ3n) is 3.78. The molecule has 5 nitrogen and oxygen atoms in total. The zero-order valence-corrected chi connectivity index (χ0v) is 10.7. The van der Waals surface area contributed by atoms with Crippen molar-refractivity contribution in [1.29, 1.82) is 0 Å². The lowest BCUT2D eigenvalue weighted by Gasteiger charge is -2.27. The fraction of sp³-hybridized carbons (Fsp3) is 0.500. The van der Waals surface area contributed by atoms with Gasteiger partial charge >= 0.3 is 5.97 Å². The van der Waals surface area contributed by atoms with Gasteiger partial charge in [0.1, 0.15) is 6.10 Å². The van der Waals surface area contributed by atoms with E-state index >= 15 is 0 Å². The number of carbonyl (C=O) groups is 1. The summed E-state index contributed by atoms with van der Waals surface area (Å²) in [4.78, 5) is 11.3. The quantitative estimate of drug-likeness (QED) is 0.874. The highest BCUT2D eigenvalue weighted by Crippen LogP contribution is 2.50. The number of carboxylic acid groups (broad SMARTS) is 1. The lowest BCUT2D eigenvalue weighted by Crippen LogP contribution is -2.38. The summed E-state index contributed by atoms with van der Waals surface area (Å²) in [6, 6.07) is 5.37. The first-order chi connectivity index (χ1) is 9.15. The summed E-state index contributed by atoms with van der Waals surface area (Å²) in [7, 11) is 1.57. The molecular weight excluding hydrogens is 248 g/mol. The number of rotatable bonds is 5. The first-order valence-electron chi connectivity index (χ1n) is 6.32. The van der Waals surface area contributed by atoms with Crippen LogP contribution in [0.4, 0.5) is 0 Å². The highest BCUT2D eigenvalue weighted by molar-refractivity contribution is 5.85. The van der Waals surface area contributed by atoms with Crippen LogP contribution in [-0.2, 0) is 14.9 Å². The van der Waals surface area contributed by atoms with E-state index in [0.29, 0.717) is 37.6 Å². The predicted octanol–water partition coefficient (Wildman–Crippen LogP) is 1.59. The standard InChI is InChI=1S/C14H16O5/c1-17-11-3-2-9(14(4-5-14)13(15)16)6-12(11)19-10-7-18-8-10/h2-3,6,10H,4-5,7-8H2,1H3,(H,15,16). The van der Waals surface area contributed by atoms with Crippen LogP contribution >= 0.6 is 0 Å². The molecule has 0 amide bonds. The minimum Gasteiger partial charge on any atom is -0.493 e. The molecule has 1 aromatic carbocycles. The van der Waals surface area contributed by atoms with Gasteiger partial charge in [-0.2, -0.15) is 0 Å². The maximum Gasteiger partial charge on any atom is 0.314 e. The Balaban J connectivity index is 1.90. The summed E-state index contributed by atoms with van der Waals surface area (Å²) in [6.07, 6.45) is 1.39. The molecule has 1 aliphatic carbocycles. The van der Waals surface area contributed by atoms with Crippen LogP contribution in [0.25, 0.3) is 0 Å². The normalized spacial score (nSPS) is 20.5. The van der Waals surface area contributed by atoms with Crippen LogP contribution in [0.5, 0.6) is 11.5 Å². The van der Waals surface area contributed by atoms with Crippen molar-refractivity contribution in [3.05, 3.63) is 23.8 Å². The number of hydrogen-bond donors (Lipinski definition) is 1. The number of carboxylic acids is 1. The molecule has 0 bridgehead atoms. The van der Waals surface area contributed by atoms with Crippen molar-refractivity contribution in [3.63, 3.8) is 0 Å². The van der Waals surface area contributed by atoms with Gasteiger partial charge in [0.15, 0.2) is 11.5 Å². The zero-order chi connectivity index (χ0) is 13.5. The summed E-state index contributed by atoms with van der Waals surface area (Å²) in [5, 5.41) is 9.32.